The molecule has 0 radical (unpaired) electrons. The molecule has 3 fully saturated rings. The van der Waals surface area contributed by atoms with Gasteiger partial charge in [-0.05, 0) is 56.8 Å². The summed E-state index contributed by atoms with van der Waals surface area (Å²) >= 11 is 0. The van der Waals surface area contributed by atoms with Crippen LogP contribution < -0.4 is 5.32 Å². The monoisotopic (exact) mass is 251 g/mol. The molecule has 2 unspecified atom stereocenters. The molecule has 0 bridgehead atoms. The van der Waals surface area contributed by atoms with Crippen molar-refractivity contribution in [1.82, 2.24) is 5.32 Å². The van der Waals surface area contributed by atoms with Crippen molar-refractivity contribution < 1.29 is 4.74 Å². The van der Waals surface area contributed by atoms with Crippen molar-refractivity contribution in [2.45, 2.75) is 76.8 Å². The Balaban J connectivity index is 1.52. The van der Waals surface area contributed by atoms with Crippen molar-refractivity contribution in [3.8, 4) is 0 Å². The molecule has 2 heteroatoms. The van der Waals surface area contributed by atoms with Crippen molar-refractivity contribution in [1.29, 1.82) is 0 Å². The van der Waals surface area contributed by atoms with Crippen molar-refractivity contribution >= 4 is 0 Å². The number of ether oxygens (including phenoxy) is 1. The third-order valence-corrected chi connectivity index (χ3v) is 5.96. The smallest absolute Gasteiger partial charge is 0.0469 e. The summed E-state index contributed by atoms with van der Waals surface area (Å²) < 4.78 is 5.48. The Morgan fingerprint density at radius 1 is 1.00 bits per heavy atom. The maximum absolute atomic E-state index is 5.48. The summed E-state index contributed by atoms with van der Waals surface area (Å²) in [6, 6.07) is 1.52. The van der Waals surface area contributed by atoms with Crippen molar-refractivity contribution in [3.05, 3.63) is 0 Å². The zero-order chi connectivity index (χ0) is 12.4. The molecule has 2 nitrogen and oxygen atoms in total. The lowest BCUT2D eigenvalue weighted by atomic mass is 9.57. The summed E-state index contributed by atoms with van der Waals surface area (Å²) in [5.74, 6) is 0.847. The van der Waals surface area contributed by atoms with Crippen LogP contribution in [0.2, 0.25) is 0 Å². The first-order valence-electron chi connectivity index (χ1n) is 8.14. The van der Waals surface area contributed by atoms with E-state index in [2.05, 4.69) is 12.2 Å². The summed E-state index contributed by atoms with van der Waals surface area (Å²) in [6.07, 6.45) is 12.8. The van der Waals surface area contributed by atoms with Gasteiger partial charge < -0.3 is 10.1 Å². The van der Waals surface area contributed by atoms with Crippen LogP contribution in [0.1, 0.15) is 64.7 Å². The largest absolute Gasteiger partial charge is 0.381 e. The van der Waals surface area contributed by atoms with Gasteiger partial charge in [-0.1, -0.05) is 19.3 Å². The first-order chi connectivity index (χ1) is 8.80. The molecule has 104 valence electrons. The van der Waals surface area contributed by atoms with Crippen molar-refractivity contribution in [2.75, 3.05) is 13.2 Å². The molecule has 3 aliphatic rings. The van der Waals surface area contributed by atoms with Crippen LogP contribution in [0.15, 0.2) is 0 Å². The average molecular weight is 251 g/mol. The van der Waals surface area contributed by atoms with Gasteiger partial charge in [0.25, 0.3) is 0 Å². The Kier molecular flexibility index (Phi) is 3.95. The fourth-order valence-corrected chi connectivity index (χ4v) is 4.48. The maximum atomic E-state index is 5.48. The van der Waals surface area contributed by atoms with Crippen LogP contribution in [0.5, 0.6) is 0 Å². The second-order valence-corrected chi connectivity index (χ2v) is 6.92. The van der Waals surface area contributed by atoms with E-state index in [-0.39, 0.29) is 0 Å². The standard InChI is InChI=1S/C16H29NO/c1-13(14-6-11-18-12-7-14)17-15-5-10-16(15)8-3-2-4-9-16/h13-15,17H,2-12H2,1H3. The van der Waals surface area contributed by atoms with E-state index in [4.69, 9.17) is 4.74 Å². The molecular weight excluding hydrogens is 222 g/mol. The van der Waals surface area contributed by atoms with E-state index in [0.29, 0.717) is 11.5 Å². The van der Waals surface area contributed by atoms with Crippen LogP contribution in [0, 0.1) is 11.3 Å². The highest BCUT2D eigenvalue weighted by Gasteiger charge is 2.47. The van der Waals surface area contributed by atoms with Crippen LogP contribution in [-0.2, 0) is 4.74 Å². The molecule has 0 aromatic rings. The average Bonchev–Trinajstić information content (AvgIpc) is 2.45. The molecule has 1 N–H and O–H groups in total. The Morgan fingerprint density at radius 3 is 2.33 bits per heavy atom. The minimum Gasteiger partial charge on any atom is -0.381 e. The molecule has 1 heterocycles. The molecule has 0 aromatic carbocycles. The van der Waals surface area contributed by atoms with Crippen LogP contribution in [0.25, 0.3) is 0 Å². The van der Waals surface area contributed by atoms with Gasteiger partial charge in [-0.3, -0.25) is 0 Å². The van der Waals surface area contributed by atoms with Gasteiger partial charge in [-0.2, -0.15) is 0 Å². The van der Waals surface area contributed by atoms with E-state index in [1.807, 2.05) is 0 Å². The first kappa shape index (κ1) is 12.9. The summed E-state index contributed by atoms with van der Waals surface area (Å²) in [4.78, 5) is 0. The van der Waals surface area contributed by atoms with Crippen molar-refractivity contribution in [3.63, 3.8) is 0 Å². The number of nitrogens with one attached hydrogen (secondary N) is 1. The van der Waals surface area contributed by atoms with Gasteiger partial charge in [0.05, 0.1) is 0 Å². The predicted octanol–water partition coefficient (Wildman–Crippen LogP) is 3.50. The third-order valence-electron chi connectivity index (χ3n) is 5.96. The maximum Gasteiger partial charge on any atom is 0.0469 e. The van der Waals surface area contributed by atoms with E-state index in [1.165, 1.54) is 57.8 Å². The molecule has 0 amide bonds. The molecule has 2 atom stereocenters. The van der Waals surface area contributed by atoms with Crippen LogP contribution >= 0.6 is 0 Å². The number of rotatable bonds is 3. The summed E-state index contributed by atoms with van der Waals surface area (Å²) in [5, 5.41) is 3.99. The second kappa shape index (κ2) is 5.50. The Morgan fingerprint density at radius 2 is 1.72 bits per heavy atom. The van der Waals surface area contributed by atoms with E-state index >= 15 is 0 Å². The van der Waals surface area contributed by atoms with Gasteiger partial charge in [0.2, 0.25) is 0 Å². The van der Waals surface area contributed by atoms with Crippen LogP contribution in [0.3, 0.4) is 0 Å². The van der Waals surface area contributed by atoms with Crippen LogP contribution in [-0.4, -0.2) is 25.3 Å². The lowest BCUT2D eigenvalue weighted by Gasteiger charge is -2.54. The van der Waals surface area contributed by atoms with Gasteiger partial charge in [-0.15, -0.1) is 0 Å². The summed E-state index contributed by atoms with van der Waals surface area (Å²) in [6.45, 7) is 4.36. The molecule has 3 rings (SSSR count). The molecular formula is C16H29NO. The third kappa shape index (κ3) is 2.46. The molecule has 1 saturated heterocycles. The SMILES string of the molecule is CC(NC1CCC12CCCCC2)C1CCOCC1. The van der Waals surface area contributed by atoms with E-state index in [1.54, 1.807) is 0 Å². The quantitative estimate of drug-likeness (QED) is 0.829. The predicted molar refractivity (Wildman–Crippen MR) is 74.7 cm³/mol. The fraction of sp³-hybridized carbons (Fsp3) is 1.00. The van der Waals surface area contributed by atoms with Gasteiger partial charge in [0, 0.05) is 25.3 Å². The topological polar surface area (TPSA) is 21.3 Å². The molecule has 1 aliphatic heterocycles. The summed E-state index contributed by atoms with van der Waals surface area (Å²) in [7, 11) is 0. The van der Waals surface area contributed by atoms with E-state index < -0.39 is 0 Å². The zero-order valence-corrected chi connectivity index (χ0v) is 11.9. The Hall–Kier alpha value is -0.0800. The van der Waals surface area contributed by atoms with E-state index in [9.17, 15) is 0 Å². The lowest BCUT2D eigenvalue weighted by Crippen LogP contribution is -2.57. The van der Waals surface area contributed by atoms with Crippen molar-refractivity contribution in [2.24, 2.45) is 11.3 Å². The molecule has 2 aliphatic carbocycles. The zero-order valence-electron chi connectivity index (χ0n) is 11.9. The second-order valence-electron chi connectivity index (χ2n) is 6.92. The Labute approximate surface area is 112 Å². The highest BCUT2D eigenvalue weighted by Crippen LogP contribution is 2.51. The molecule has 0 aromatic heterocycles. The number of hydrogen-bond donors (Lipinski definition) is 1. The normalized spacial score (nSPS) is 34.2. The van der Waals surface area contributed by atoms with Gasteiger partial charge in [-0.25, -0.2) is 0 Å². The minimum absolute atomic E-state index is 0.693. The fourth-order valence-electron chi connectivity index (χ4n) is 4.48. The summed E-state index contributed by atoms with van der Waals surface area (Å²) in [5.41, 5.74) is 0.706. The molecule has 1 spiro atoms. The molecule has 2 saturated carbocycles. The minimum atomic E-state index is 0.693. The Bertz CT molecular complexity index is 266. The highest BCUT2D eigenvalue weighted by atomic mass is 16.5. The van der Waals surface area contributed by atoms with Gasteiger partial charge in [0.15, 0.2) is 0 Å². The molecule has 18 heavy (non-hydrogen) atoms. The first-order valence-corrected chi connectivity index (χ1v) is 8.14. The van der Waals surface area contributed by atoms with Gasteiger partial charge >= 0.3 is 0 Å². The highest BCUT2D eigenvalue weighted by molar-refractivity contribution is 5.02. The van der Waals surface area contributed by atoms with Crippen LogP contribution in [0.4, 0.5) is 0 Å². The lowest BCUT2D eigenvalue weighted by molar-refractivity contribution is 0.00211. The van der Waals surface area contributed by atoms with E-state index in [0.717, 1.165) is 25.2 Å². The number of hydrogen-bond acceptors (Lipinski definition) is 2. The van der Waals surface area contributed by atoms with Gasteiger partial charge in [0.1, 0.15) is 0 Å².